The first-order valence-electron chi connectivity index (χ1n) is 5.01. The Morgan fingerprint density at radius 1 is 1.69 bits per heavy atom. The summed E-state index contributed by atoms with van der Waals surface area (Å²) in [7, 11) is 1.62. The van der Waals surface area contributed by atoms with Crippen molar-refractivity contribution < 1.29 is 9.53 Å². The van der Waals surface area contributed by atoms with E-state index in [9.17, 15) is 4.79 Å². The van der Waals surface area contributed by atoms with Gasteiger partial charge in [-0.3, -0.25) is 9.78 Å². The summed E-state index contributed by atoms with van der Waals surface area (Å²) >= 11 is 5.89. The van der Waals surface area contributed by atoms with Crippen molar-refractivity contribution in [1.29, 1.82) is 0 Å². The van der Waals surface area contributed by atoms with Crippen molar-refractivity contribution in [2.24, 2.45) is 5.92 Å². The standard InChI is InChI=1S/C11H15ClN2O2/c1-8(7-16-2)5-11(15)14-10-6-13-4-3-9(10)12/h3-4,6,8H,5,7H2,1-2H3,(H,14,15). The van der Waals surface area contributed by atoms with E-state index in [4.69, 9.17) is 16.3 Å². The third-order valence-electron chi connectivity index (χ3n) is 2.03. The Labute approximate surface area is 100.0 Å². The molecule has 1 unspecified atom stereocenters. The van der Waals surface area contributed by atoms with E-state index < -0.39 is 0 Å². The molecule has 1 aromatic heterocycles. The van der Waals surface area contributed by atoms with Crippen LogP contribution in [0.25, 0.3) is 0 Å². The van der Waals surface area contributed by atoms with Gasteiger partial charge < -0.3 is 10.1 Å². The van der Waals surface area contributed by atoms with E-state index in [2.05, 4.69) is 10.3 Å². The maximum Gasteiger partial charge on any atom is 0.224 e. The summed E-state index contributed by atoms with van der Waals surface area (Å²) < 4.78 is 4.96. The number of carbonyl (C=O) groups is 1. The Balaban J connectivity index is 2.49. The van der Waals surface area contributed by atoms with Gasteiger partial charge in [0.15, 0.2) is 0 Å². The number of anilines is 1. The number of pyridine rings is 1. The van der Waals surface area contributed by atoms with Gasteiger partial charge in [0.25, 0.3) is 0 Å². The molecule has 0 aliphatic rings. The van der Waals surface area contributed by atoms with Gasteiger partial charge in [0.05, 0.1) is 16.9 Å². The van der Waals surface area contributed by atoms with Crippen LogP contribution >= 0.6 is 11.6 Å². The van der Waals surface area contributed by atoms with Crippen LogP contribution in [0.3, 0.4) is 0 Å². The first kappa shape index (κ1) is 12.9. The van der Waals surface area contributed by atoms with Gasteiger partial charge in [-0.15, -0.1) is 0 Å². The van der Waals surface area contributed by atoms with Gasteiger partial charge in [-0.25, -0.2) is 0 Å². The minimum absolute atomic E-state index is 0.0838. The topological polar surface area (TPSA) is 51.2 Å². The SMILES string of the molecule is COCC(C)CC(=O)Nc1cnccc1Cl. The average Bonchev–Trinajstić information content (AvgIpc) is 2.21. The number of nitrogens with one attached hydrogen (secondary N) is 1. The minimum Gasteiger partial charge on any atom is -0.384 e. The van der Waals surface area contributed by atoms with Crippen LogP contribution in [0, 0.1) is 5.92 Å². The van der Waals surface area contributed by atoms with E-state index in [1.807, 2.05) is 6.92 Å². The second-order valence-electron chi connectivity index (χ2n) is 3.67. The van der Waals surface area contributed by atoms with Gasteiger partial charge in [0.2, 0.25) is 5.91 Å². The molecule has 1 aromatic rings. The van der Waals surface area contributed by atoms with Crippen LogP contribution in [0.2, 0.25) is 5.02 Å². The maximum atomic E-state index is 11.6. The Hall–Kier alpha value is -1.13. The van der Waals surface area contributed by atoms with E-state index in [0.717, 1.165) is 0 Å². The number of hydrogen-bond acceptors (Lipinski definition) is 3. The molecule has 1 rings (SSSR count). The normalized spacial score (nSPS) is 12.2. The van der Waals surface area contributed by atoms with Crippen LogP contribution in [-0.2, 0) is 9.53 Å². The highest BCUT2D eigenvalue weighted by atomic mass is 35.5. The second-order valence-corrected chi connectivity index (χ2v) is 4.08. The predicted molar refractivity (Wildman–Crippen MR) is 63.5 cm³/mol. The minimum atomic E-state index is -0.0838. The van der Waals surface area contributed by atoms with Crippen LogP contribution in [0.4, 0.5) is 5.69 Å². The fourth-order valence-corrected chi connectivity index (χ4v) is 1.48. The Kier molecular flexibility index (Phi) is 5.22. The highest BCUT2D eigenvalue weighted by Crippen LogP contribution is 2.19. The quantitative estimate of drug-likeness (QED) is 0.862. The zero-order valence-electron chi connectivity index (χ0n) is 9.37. The van der Waals surface area contributed by atoms with Gasteiger partial charge in [0, 0.05) is 26.3 Å². The summed E-state index contributed by atoms with van der Waals surface area (Å²) in [6.45, 7) is 2.52. The molecule has 0 bridgehead atoms. The molecule has 4 nitrogen and oxygen atoms in total. The molecular weight excluding hydrogens is 228 g/mol. The molecule has 16 heavy (non-hydrogen) atoms. The Morgan fingerprint density at radius 3 is 3.06 bits per heavy atom. The molecule has 0 saturated carbocycles. The highest BCUT2D eigenvalue weighted by molar-refractivity contribution is 6.33. The summed E-state index contributed by atoms with van der Waals surface area (Å²) in [4.78, 5) is 15.5. The number of aromatic nitrogens is 1. The van der Waals surface area contributed by atoms with E-state index in [1.165, 1.54) is 6.20 Å². The van der Waals surface area contributed by atoms with Gasteiger partial charge in [-0.1, -0.05) is 18.5 Å². The van der Waals surface area contributed by atoms with Crippen molar-refractivity contribution in [3.8, 4) is 0 Å². The lowest BCUT2D eigenvalue weighted by Crippen LogP contribution is -2.17. The zero-order valence-corrected chi connectivity index (χ0v) is 10.1. The molecule has 0 saturated heterocycles. The predicted octanol–water partition coefficient (Wildman–Crippen LogP) is 2.35. The van der Waals surface area contributed by atoms with Gasteiger partial charge in [-0.05, 0) is 12.0 Å². The van der Waals surface area contributed by atoms with Crippen molar-refractivity contribution >= 4 is 23.2 Å². The molecule has 5 heteroatoms. The molecule has 1 atom stereocenters. The fraction of sp³-hybridized carbons (Fsp3) is 0.455. The summed E-state index contributed by atoms with van der Waals surface area (Å²) in [5, 5.41) is 3.20. The largest absolute Gasteiger partial charge is 0.384 e. The number of nitrogens with zero attached hydrogens (tertiary/aromatic N) is 1. The zero-order chi connectivity index (χ0) is 12.0. The highest BCUT2D eigenvalue weighted by Gasteiger charge is 2.10. The molecular formula is C11H15ClN2O2. The first-order chi connectivity index (χ1) is 7.63. The molecule has 0 spiro atoms. The third-order valence-corrected chi connectivity index (χ3v) is 2.36. The van der Waals surface area contributed by atoms with E-state index in [0.29, 0.717) is 23.7 Å². The molecule has 1 heterocycles. The molecule has 0 aromatic carbocycles. The third kappa shape index (κ3) is 4.16. The monoisotopic (exact) mass is 242 g/mol. The summed E-state index contributed by atoms with van der Waals surface area (Å²) in [6.07, 6.45) is 3.51. The van der Waals surface area contributed by atoms with Crippen molar-refractivity contribution in [3.63, 3.8) is 0 Å². The van der Waals surface area contributed by atoms with Gasteiger partial charge in [-0.2, -0.15) is 0 Å². The summed E-state index contributed by atoms with van der Waals surface area (Å²) in [5.74, 6) is 0.0971. The molecule has 88 valence electrons. The van der Waals surface area contributed by atoms with E-state index in [-0.39, 0.29) is 11.8 Å². The number of methoxy groups -OCH3 is 1. The van der Waals surface area contributed by atoms with E-state index >= 15 is 0 Å². The molecule has 1 N–H and O–H groups in total. The molecule has 0 aliphatic carbocycles. The lowest BCUT2D eigenvalue weighted by atomic mass is 10.1. The first-order valence-corrected chi connectivity index (χ1v) is 5.39. The molecule has 0 fully saturated rings. The van der Waals surface area contributed by atoms with Gasteiger partial charge >= 0.3 is 0 Å². The number of hydrogen-bond donors (Lipinski definition) is 1. The van der Waals surface area contributed by atoms with Crippen molar-refractivity contribution in [2.75, 3.05) is 19.0 Å². The Morgan fingerprint density at radius 2 is 2.44 bits per heavy atom. The number of carbonyl (C=O) groups excluding carboxylic acids is 1. The fourth-order valence-electron chi connectivity index (χ4n) is 1.33. The molecule has 0 aliphatic heterocycles. The Bertz CT molecular complexity index is 358. The maximum absolute atomic E-state index is 11.6. The summed E-state index contributed by atoms with van der Waals surface area (Å²) in [5.41, 5.74) is 0.541. The van der Waals surface area contributed by atoms with Crippen molar-refractivity contribution in [3.05, 3.63) is 23.5 Å². The van der Waals surface area contributed by atoms with Crippen LogP contribution in [0.5, 0.6) is 0 Å². The molecule has 1 amide bonds. The van der Waals surface area contributed by atoms with Crippen LogP contribution in [-0.4, -0.2) is 24.6 Å². The smallest absolute Gasteiger partial charge is 0.224 e. The van der Waals surface area contributed by atoms with Crippen molar-refractivity contribution in [2.45, 2.75) is 13.3 Å². The number of amides is 1. The lowest BCUT2D eigenvalue weighted by Gasteiger charge is -2.10. The second kappa shape index (κ2) is 6.45. The average molecular weight is 243 g/mol. The van der Waals surface area contributed by atoms with Crippen LogP contribution in [0.1, 0.15) is 13.3 Å². The molecule has 0 radical (unpaired) electrons. The lowest BCUT2D eigenvalue weighted by molar-refractivity contribution is -0.117. The van der Waals surface area contributed by atoms with E-state index in [1.54, 1.807) is 19.4 Å². The van der Waals surface area contributed by atoms with Crippen LogP contribution in [0.15, 0.2) is 18.5 Å². The van der Waals surface area contributed by atoms with Crippen LogP contribution < -0.4 is 5.32 Å². The summed E-state index contributed by atoms with van der Waals surface area (Å²) in [6, 6.07) is 1.63. The van der Waals surface area contributed by atoms with Crippen molar-refractivity contribution in [1.82, 2.24) is 4.98 Å². The van der Waals surface area contributed by atoms with Gasteiger partial charge in [0.1, 0.15) is 0 Å². The number of rotatable bonds is 5. The number of ether oxygens (including phenoxy) is 1. The number of halogens is 1.